The van der Waals surface area contributed by atoms with Gasteiger partial charge in [-0.1, -0.05) is 0 Å². The Balaban J connectivity index is 3.12. The summed E-state index contributed by atoms with van der Waals surface area (Å²) >= 11 is 0. The van der Waals surface area contributed by atoms with Crippen LogP contribution in [0.3, 0.4) is 0 Å². The van der Waals surface area contributed by atoms with Crippen molar-refractivity contribution in [2.75, 3.05) is 19.8 Å². The molecule has 0 radical (unpaired) electrons. The first-order valence-electron chi connectivity index (χ1n) is 4.31. The molecule has 0 fully saturated rings. The molecule has 12 heavy (non-hydrogen) atoms. The molecule has 0 spiro atoms. The Bertz CT molecular complexity index is 105. The van der Waals surface area contributed by atoms with Gasteiger partial charge in [0.05, 0.1) is 31.5 Å². The molecule has 0 heterocycles. The molecule has 0 aromatic heterocycles. The minimum Gasteiger partial charge on any atom is -0.391 e. The van der Waals surface area contributed by atoms with E-state index in [0.717, 1.165) is 0 Å². The maximum absolute atomic E-state index is 8.85. The van der Waals surface area contributed by atoms with E-state index in [0.29, 0.717) is 19.8 Å². The lowest BCUT2D eigenvalue weighted by atomic mass is 10.2. The normalized spacial score (nSPS) is 14.8. The highest BCUT2D eigenvalue weighted by Gasteiger charge is 2.08. The highest BCUT2D eigenvalue weighted by atomic mass is 16.5. The Morgan fingerprint density at radius 1 is 1.25 bits per heavy atom. The van der Waals surface area contributed by atoms with Gasteiger partial charge in [-0.2, -0.15) is 0 Å². The van der Waals surface area contributed by atoms with E-state index < -0.39 is 0 Å². The monoisotopic (exact) mass is 176 g/mol. The summed E-state index contributed by atoms with van der Waals surface area (Å²) in [4.78, 5) is 0. The molecule has 0 amide bonds. The van der Waals surface area contributed by atoms with E-state index in [1.54, 1.807) is 6.92 Å². The van der Waals surface area contributed by atoms with E-state index in [2.05, 4.69) is 0 Å². The van der Waals surface area contributed by atoms with Crippen LogP contribution in [0.1, 0.15) is 27.7 Å². The van der Waals surface area contributed by atoms with Crippen molar-refractivity contribution in [3.8, 4) is 0 Å². The maximum atomic E-state index is 8.85. The third-order valence-corrected chi connectivity index (χ3v) is 1.12. The van der Waals surface area contributed by atoms with Gasteiger partial charge in [-0.25, -0.2) is 0 Å². The highest BCUT2D eigenvalue weighted by Crippen LogP contribution is 2.05. The molecule has 3 heteroatoms. The number of ether oxygens (including phenoxy) is 2. The zero-order chi connectivity index (χ0) is 9.61. The molecule has 0 rings (SSSR count). The van der Waals surface area contributed by atoms with E-state index in [-0.39, 0.29) is 11.7 Å². The van der Waals surface area contributed by atoms with E-state index in [1.165, 1.54) is 0 Å². The Hall–Kier alpha value is -0.120. The summed E-state index contributed by atoms with van der Waals surface area (Å²) in [5.41, 5.74) is -0.103. The van der Waals surface area contributed by atoms with Gasteiger partial charge in [0.1, 0.15) is 0 Å². The molecule has 0 saturated heterocycles. The smallest absolute Gasteiger partial charge is 0.0745 e. The van der Waals surface area contributed by atoms with Crippen molar-refractivity contribution in [2.24, 2.45) is 0 Å². The zero-order valence-electron chi connectivity index (χ0n) is 8.46. The van der Waals surface area contributed by atoms with Crippen molar-refractivity contribution in [2.45, 2.75) is 39.4 Å². The summed E-state index contributed by atoms with van der Waals surface area (Å²) in [5.74, 6) is 0. The molecule has 0 aliphatic heterocycles. The van der Waals surface area contributed by atoms with Gasteiger partial charge in [-0.15, -0.1) is 0 Å². The molecule has 0 aromatic rings. The van der Waals surface area contributed by atoms with Crippen LogP contribution in [0.4, 0.5) is 0 Å². The van der Waals surface area contributed by atoms with E-state index in [9.17, 15) is 0 Å². The summed E-state index contributed by atoms with van der Waals surface area (Å²) in [6.45, 7) is 9.21. The van der Waals surface area contributed by atoms with Gasteiger partial charge in [0.15, 0.2) is 0 Å². The number of aliphatic hydroxyl groups excluding tert-OH is 1. The maximum Gasteiger partial charge on any atom is 0.0745 e. The number of aliphatic hydroxyl groups is 1. The van der Waals surface area contributed by atoms with Crippen LogP contribution in [-0.4, -0.2) is 36.6 Å². The minimum absolute atomic E-state index is 0.103. The molecular formula is C9H20O3. The number of hydrogen-bond acceptors (Lipinski definition) is 3. The fourth-order valence-electron chi connectivity index (χ4n) is 0.661. The second-order valence-corrected chi connectivity index (χ2v) is 3.88. The molecule has 3 nitrogen and oxygen atoms in total. The summed E-state index contributed by atoms with van der Waals surface area (Å²) in [7, 11) is 0. The lowest BCUT2D eigenvalue weighted by Gasteiger charge is -2.19. The summed E-state index contributed by atoms with van der Waals surface area (Å²) < 4.78 is 10.5. The summed E-state index contributed by atoms with van der Waals surface area (Å²) in [5, 5.41) is 8.85. The Labute approximate surface area is 74.7 Å². The lowest BCUT2D eigenvalue weighted by Crippen LogP contribution is -2.22. The van der Waals surface area contributed by atoms with Crippen molar-refractivity contribution in [3.63, 3.8) is 0 Å². The first-order chi connectivity index (χ1) is 5.42. The van der Waals surface area contributed by atoms with Crippen molar-refractivity contribution in [3.05, 3.63) is 0 Å². The van der Waals surface area contributed by atoms with Gasteiger partial charge < -0.3 is 14.6 Å². The van der Waals surface area contributed by atoms with Crippen molar-refractivity contribution in [1.29, 1.82) is 0 Å². The molecule has 0 aliphatic rings. The third kappa shape index (κ3) is 9.88. The molecule has 0 saturated carbocycles. The minimum atomic E-state index is -0.389. The summed E-state index contributed by atoms with van der Waals surface area (Å²) in [6.07, 6.45) is -0.389. The second-order valence-electron chi connectivity index (χ2n) is 3.88. The summed E-state index contributed by atoms with van der Waals surface area (Å²) in [6, 6.07) is 0. The van der Waals surface area contributed by atoms with Gasteiger partial charge in [0.25, 0.3) is 0 Å². The fraction of sp³-hybridized carbons (Fsp3) is 1.00. The van der Waals surface area contributed by atoms with Crippen LogP contribution in [0.15, 0.2) is 0 Å². The molecule has 1 unspecified atom stereocenters. The molecule has 1 N–H and O–H groups in total. The van der Waals surface area contributed by atoms with Gasteiger partial charge in [-0.05, 0) is 27.7 Å². The third-order valence-electron chi connectivity index (χ3n) is 1.12. The zero-order valence-corrected chi connectivity index (χ0v) is 8.46. The largest absolute Gasteiger partial charge is 0.391 e. The second kappa shape index (κ2) is 5.51. The fourth-order valence-corrected chi connectivity index (χ4v) is 0.661. The number of hydrogen-bond donors (Lipinski definition) is 1. The molecule has 74 valence electrons. The van der Waals surface area contributed by atoms with Crippen LogP contribution < -0.4 is 0 Å². The van der Waals surface area contributed by atoms with Gasteiger partial charge in [0.2, 0.25) is 0 Å². The van der Waals surface area contributed by atoms with E-state index >= 15 is 0 Å². The molecule has 0 aromatic carbocycles. The first-order valence-corrected chi connectivity index (χ1v) is 4.31. The van der Waals surface area contributed by atoms with Crippen LogP contribution in [0.25, 0.3) is 0 Å². The van der Waals surface area contributed by atoms with Gasteiger partial charge in [0, 0.05) is 0 Å². The first kappa shape index (κ1) is 11.9. The predicted molar refractivity (Wildman–Crippen MR) is 48.2 cm³/mol. The molecule has 0 aliphatic carbocycles. The van der Waals surface area contributed by atoms with Crippen molar-refractivity contribution < 1.29 is 14.6 Å². The quantitative estimate of drug-likeness (QED) is 0.640. The van der Waals surface area contributed by atoms with Gasteiger partial charge >= 0.3 is 0 Å². The van der Waals surface area contributed by atoms with Gasteiger partial charge in [-0.3, -0.25) is 0 Å². The van der Waals surface area contributed by atoms with Crippen molar-refractivity contribution in [1.82, 2.24) is 0 Å². The van der Waals surface area contributed by atoms with Crippen LogP contribution in [0.5, 0.6) is 0 Å². The predicted octanol–water partition coefficient (Wildman–Crippen LogP) is 1.20. The molecule has 0 bridgehead atoms. The Kier molecular flexibility index (Phi) is 5.46. The average Bonchev–Trinajstić information content (AvgIpc) is 1.83. The lowest BCUT2D eigenvalue weighted by molar-refractivity contribution is -0.0454. The van der Waals surface area contributed by atoms with Crippen LogP contribution in [0.2, 0.25) is 0 Å². The van der Waals surface area contributed by atoms with E-state index in [4.69, 9.17) is 14.6 Å². The average molecular weight is 176 g/mol. The SMILES string of the molecule is CC(O)COCCOC(C)(C)C. The molecule has 1 atom stereocenters. The standard InChI is InChI=1S/C9H20O3/c1-8(10)7-11-5-6-12-9(2,3)4/h8,10H,5-7H2,1-4H3. The van der Waals surface area contributed by atoms with Crippen molar-refractivity contribution >= 4 is 0 Å². The highest BCUT2D eigenvalue weighted by molar-refractivity contribution is 4.57. The number of rotatable bonds is 5. The Morgan fingerprint density at radius 2 is 1.83 bits per heavy atom. The topological polar surface area (TPSA) is 38.7 Å². The van der Waals surface area contributed by atoms with Crippen LogP contribution in [0, 0.1) is 0 Å². The Morgan fingerprint density at radius 3 is 2.25 bits per heavy atom. The van der Waals surface area contributed by atoms with E-state index in [1.807, 2.05) is 20.8 Å². The molecular weight excluding hydrogens is 156 g/mol. The van der Waals surface area contributed by atoms with Crippen LogP contribution >= 0.6 is 0 Å². The van der Waals surface area contributed by atoms with Crippen LogP contribution in [-0.2, 0) is 9.47 Å².